The maximum absolute atomic E-state index is 5.51. The molecule has 0 saturated heterocycles. The van der Waals surface area contributed by atoms with Crippen LogP contribution in [-0.4, -0.2) is 11.4 Å². The number of fused-ring (bicyclic) bond motifs is 1. The Labute approximate surface area is 106 Å². The van der Waals surface area contributed by atoms with E-state index >= 15 is 0 Å². The topological polar surface area (TPSA) is 9.23 Å². The zero-order valence-corrected chi connectivity index (χ0v) is 11.6. The van der Waals surface area contributed by atoms with Crippen LogP contribution in [-0.2, 0) is 12.8 Å². The molecule has 1 heterocycles. The van der Waals surface area contributed by atoms with Gasteiger partial charge in [0.2, 0.25) is 0 Å². The van der Waals surface area contributed by atoms with E-state index in [4.69, 9.17) is 4.74 Å². The number of aryl methyl sites for hydroxylation is 1. The second-order valence-corrected chi connectivity index (χ2v) is 6.02. The lowest BCUT2D eigenvalue weighted by Crippen LogP contribution is -2.08. The molecule has 1 unspecified atom stereocenters. The Kier molecular flexibility index (Phi) is 3.91. The van der Waals surface area contributed by atoms with Gasteiger partial charge in [0.25, 0.3) is 0 Å². The van der Waals surface area contributed by atoms with Gasteiger partial charge in [-0.15, -0.1) is 0 Å². The predicted octanol–water partition coefficient (Wildman–Crippen LogP) is 3.97. The molecule has 0 bridgehead atoms. The highest BCUT2D eigenvalue weighted by molar-refractivity contribution is 9.09. The first kappa shape index (κ1) is 12.0. The van der Waals surface area contributed by atoms with Gasteiger partial charge in [0, 0.05) is 11.2 Å². The molecule has 1 aliphatic heterocycles. The Morgan fingerprint density at radius 3 is 2.94 bits per heavy atom. The minimum atomic E-state index is 0.622. The van der Waals surface area contributed by atoms with Crippen LogP contribution in [0.4, 0.5) is 0 Å². The van der Waals surface area contributed by atoms with Crippen LogP contribution in [0, 0.1) is 5.92 Å². The molecule has 0 spiro atoms. The molecule has 1 aromatic carbocycles. The zero-order chi connectivity index (χ0) is 11.5. The van der Waals surface area contributed by atoms with Crippen molar-refractivity contribution < 1.29 is 4.74 Å². The van der Waals surface area contributed by atoms with Crippen molar-refractivity contribution in [1.82, 2.24) is 0 Å². The first-order valence-corrected chi connectivity index (χ1v) is 6.97. The first-order chi connectivity index (χ1) is 7.66. The number of hydrogen-bond donors (Lipinski definition) is 0. The summed E-state index contributed by atoms with van der Waals surface area (Å²) in [5.74, 6) is 1.79. The minimum Gasteiger partial charge on any atom is -0.493 e. The molecule has 2 heteroatoms. The molecule has 2 rings (SSSR count). The van der Waals surface area contributed by atoms with Crippen LogP contribution in [0.15, 0.2) is 18.2 Å². The largest absolute Gasteiger partial charge is 0.493 e. The molecule has 16 heavy (non-hydrogen) atoms. The summed E-state index contributed by atoms with van der Waals surface area (Å²) in [5, 5.41) is 0. The van der Waals surface area contributed by atoms with Crippen LogP contribution in [0.5, 0.6) is 5.75 Å². The molecule has 1 aliphatic rings. The third kappa shape index (κ3) is 2.79. The fourth-order valence-electron chi connectivity index (χ4n) is 2.03. The van der Waals surface area contributed by atoms with Crippen LogP contribution in [0.2, 0.25) is 0 Å². The third-order valence-electron chi connectivity index (χ3n) is 3.19. The van der Waals surface area contributed by atoms with Gasteiger partial charge >= 0.3 is 0 Å². The molecule has 1 atom stereocenters. The molecule has 0 radical (unpaired) electrons. The van der Waals surface area contributed by atoms with Crippen LogP contribution >= 0.6 is 15.9 Å². The van der Waals surface area contributed by atoms with Gasteiger partial charge in [-0.3, -0.25) is 0 Å². The Morgan fingerprint density at radius 2 is 2.19 bits per heavy atom. The van der Waals surface area contributed by atoms with Gasteiger partial charge in [0.1, 0.15) is 5.75 Å². The van der Waals surface area contributed by atoms with E-state index in [1.165, 1.54) is 17.5 Å². The average molecular weight is 283 g/mol. The molecule has 0 fully saturated rings. The van der Waals surface area contributed by atoms with E-state index in [1.807, 2.05) is 0 Å². The number of rotatable bonds is 4. The summed E-state index contributed by atoms with van der Waals surface area (Å²) in [4.78, 5) is 0.622. The van der Waals surface area contributed by atoms with Gasteiger partial charge < -0.3 is 4.74 Å². The molecule has 0 amide bonds. The minimum absolute atomic E-state index is 0.622. The quantitative estimate of drug-likeness (QED) is 0.760. The van der Waals surface area contributed by atoms with E-state index in [0.717, 1.165) is 25.2 Å². The molecule has 0 aliphatic carbocycles. The average Bonchev–Trinajstić information content (AvgIpc) is 2.72. The number of halogens is 1. The molecular formula is C14H19BrO. The van der Waals surface area contributed by atoms with Crippen LogP contribution in [0.25, 0.3) is 0 Å². The molecule has 1 aromatic rings. The lowest BCUT2D eigenvalue weighted by Gasteiger charge is -2.13. The summed E-state index contributed by atoms with van der Waals surface area (Å²) in [6, 6.07) is 6.63. The van der Waals surface area contributed by atoms with Crippen molar-refractivity contribution in [3.05, 3.63) is 29.3 Å². The summed E-state index contributed by atoms with van der Waals surface area (Å²) < 4.78 is 5.51. The maximum Gasteiger partial charge on any atom is 0.122 e. The van der Waals surface area contributed by atoms with E-state index in [2.05, 4.69) is 48.0 Å². The normalized spacial score (nSPS) is 16.0. The Balaban J connectivity index is 1.95. The fraction of sp³-hybridized carbons (Fsp3) is 0.571. The van der Waals surface area contributed by atoms with E-state index in [1.54, 1.807) is 0 Å². The summed E-state index contributed by atoms with van der Waals surface area (Å²) in [5.41, 5.74) is 2.82. The van der Waals surface area contributed by atoms with Gasteiger partial charge in [0.15, 0.2) is 0 Å². The molecule has 0 N–H and O–H groups in total. The number of ether oxygens (including phenoxy) is 1. The van der Waals surface area contributed by atoms with Crippen molar-refractivity contribution >= 4 is 15.9 Å². The monoisotopic (exact) mass is 282 g/mol. The van der Waals surface area contributed by atoms with Gasteiger partial charge in [-0.1, -0.05) is 41.9 Å². The molecule has 1 nitrogen and oxygen atoms in total. The summed E-state index contributed by atoms with van der Waals surface area (Å²) in [6.07, 6.45) is 3.43. The van der Waals surface area contributed by atoms with Crippen molar-refractivity contribution in [3.8, 4) is 5.75 Å². The standard InChI is InChI=1S/C14H19BrO/c1-10(2)13(15)5-3-11-4-6-14-12(9-11)7-8-16-14/h4,6,9-10,13H,3,5,7-8H2,1-2H3. The van der Waals surface area contributed by atoms with Crippen LogP contribution < -0.4 is 4.74 Å². The molecule has 0 aromatic heterocycles. The van der Waals surface area contributed by atoms with E-state index < -0.39 is 0 Å². The second kappa shape index (κ2) is 5.22. The molecule has 0 saturated carbocycles. The first-order valence-electron chi connectivity index (χ1n) is 6.05. The molecular weight excluding hydrogens is 264 g/mol. The predicted molar refractivity (Wildman–Crippen MR) is 71.5 cm³/mol. The van der Waals surface area contributed by atoms with Gasteiger partial charge in [-0.25, -0.2) is 0 Å². The van der Waals surface area contributed by atoms with Crippen molar-refractivity contribution in [2.75, 3.05) is 6.61 Å². The van der Waals surface area contributed by atoms with E-state index in [9.17, 15) is 0 Å². The Hall–Kier alpha value is -0.500. The highest BCUT2D eigenvalue weighted by Crippen LogP contribution is 2.27. The smallest absolute Gasteiger partial charge is 0.122 e. The van der Waals surface area contributed by atoms with Gasteiger partial charge in [-0.2, -0.15) is 0 Å². The maximum atomic E-state index is 5.51. The fourth-order valence-corrected chi connectivity index (χ4v) is 2.26. The van der Waals surface area contributed by atoms with Crippen molar-refractivity contribution in [2.45, 2.75) is 37.9 Å². The SMILES string of the molecule is CC(C)C(Br)CCc1ccc2c(c1)CCO2. The summed E-state index contributed by atoms with van der Waals surface area (Å²) >= 11 is 3.74. The van der Waals surface area contributed by atoms with E-state index in [-0.39, 0.29) is 0 Å². The van der Waals surface area contributed by atoms with Crippen molar-refractivity contribution in [2.24, 2.45) is 5.92 Å². The van der Waals surface area contributed by atoms with Crippen molar-refractivity contribution in [1.29, 1.82) is 0 Å². The Morgan fingerprint density at radius 1 is 1.38 bits per heavy atom. The third-order valence-corrected chi connectivity index (χ3v) is 4.70. The van der Waals surface area contributed by atoms with Crippen LogP contribution in [0.1, 0.15) is 31.4 Å². The van der Waals surface area contributed by atoms with Gasteiger partial charge in [0.05, 0.1) is 6.61 Å². The number of hydrogen-bond acceptors (Lipinski definition) is 1. The second-order valence-electron chi connectivity index (χ2n) is 4.84. The lowest BCUT2D eigenvalue weighted by molar-refractivity contribution is 0.357. The number of alkyl halides is 1. The zero-order valence-electron chi connectivity index (χ0n) is 10.0. The highest BCUT2D eigenvalue weighted by atomic mass is 79.9. The summed E-state index contributed by atoms with van der Waals surface area (Å²) in [7, 11) is 0. The van der Waals surface area contributed by atoms with Crippen molar-refractivity contribution in [3.63, 3.8) is 0 Å². The van der Waals surface area contributed by atoms with E-state index in [0.29, 0.717) is 10.7 Å². The van der Waals surface area contributed by atoms with Crippen LogP contribution in [0.3, 0.4) is 0 Å². The lowest BCUT2D eigenvalue weighted by atomic mass is 10.0. The highest BCUT2D eigenvalue weighted by Gasteiger charge is 2.13. The van der Waals surface area contributed by atoms with Gasteiger partial charge in [-0.05, 0) is 36.0 Å². The Bertz CT molecular complexity index is 360. The summed E-state index contributed by atoms with van der Waals surface area (Å²) in [6.45, 7) is 5.37. The molecule has 88 valence electrons. The number of benzene rings is 1.